The van der Waals surface area contributed by atoms with E-state index in [-0.39, 0.29) is 5.91 Å². The molecule has 1 aliphatic heterocycles. The number of carbonyl (C=O) groups excluding carboxylic acids is 1. The van der Waals surface area contributed by atoms with Crippen molar-refractivity contribution in [1.29, 1.82) is 0 Å². The van der Waals surface area contributed by atoms with E-state index in [0.29, 0.717) is 25.6 Å². The van der Waals surface area contributed by atoms with Gasteiger partial charge in [0.05, 0.1) is 6.54 Å². The number of amides is 1. The molecule has 1 aliphatic rings. The molecular formula is C15H27N5O. The van der Waals surface area contributed by atoms with Crippen molar-refractivity contribution < 1.29 is 4.79 Å². The maximum Gasteiger partial charge on any atom is 0.220 e. The summed E-state index contributed by atoms with van der Waals surface area (Å²) in [6, 6.07) is 0.574. The van der Waals surface area contributed by atoms with Crippen molar-refractivity contribution in [3.8, 4) is 0 Å². The number of aryl methyl sites for hydroxylation is 2. The van der Waals surface area contributed by atoms with Gasteiger partial charge in [0.15, 0.2) is 0 Å². The Morgan fingerprint density at radius 1 is 1.38 bits per heavy atom. The molecule has 21 heavy (non-hydrogen) atoms. The van der Waals surface area contributed by atoms with E-state index in [9.17, 15) is 4.79 Å². The molecule has 1 aromatic rings. The van der Waals surface area contributed by atoms with Gasteiger partial charge in [-0.05, 0) is 46.7 Å². The number of hydrogen-bond acceptors (Lipinski definition) is 4. The number of nitrogens with one attached hydrogen (secondary N) is 1. The third-order valence-electron chi connectivity index (χ3n) is 4.23. The number of rotatable bonds is 6. The van der Waals surface area contributed by atoms with Gasteiger partial charge >= 0.3 is 0 Å². The third kappa shape index (κ3) is 4.81. The molecule has 0 unspecified atom stereocenters. The fraction of sp³-hybridized carbons (Fsp3) is 0.800. The minimum Gasteiger partial charge on any atom is -0.354 e. The molecule has 1 saturated heterocycles. The van der Waals surface area contributed by atoms with Crippen molar-refractivity contribution in [1.82, 2.24) is 25.0 Å². The summed E-state index contributed by atoms with van der Waals surface area (Å²) in [5, 5.41) is 7.26. The first-order chi connectivity index (χ1) is 10.1. The molecule has 0 radical (unpaired) electrons. The molecule has 0 saturated carbocycles. The zero-order valence-corrected chi connectivity index (χ0v) is 13.4. The number of piperidine rings is 1. The van der Waals surface area contributed by atoms with Crippen LogP contribution in [-0.2, 0) is 11.3 Å². The van der Waals surface area contributed by atoms with Gasteiger partial charge in [-0.15, -0.1) is 0 Å². The first-order valence-electron chi connectivity index (χ1n) is 7.91. The van der Waals surface area contributed by atoms with Gasteiger partial charge in [-0.25, -0.2) is 9.67 Å². The van der Waals surface area contributed by atoms with E-state index in [1.807, 2.05) is 18.5 Å². The monoisotopic (exact) mass is 293 g/mol. The number of nitrogens with zero attached hydrogens (tertiary/aromatic N) is 4. The highest BCUT2D eigenvalue weighted by Gasteiger charge is 2.19. The molecular weight excluding hydrogens is 266 g/mol. The van der Waals surface area contributed by atoms with Crippen molar-refractivity contribution >= 4 is 5.91 Å². The number of likely N-dealkylation sites (tertiary alicyclic amines) is 1. The molecule has 2 heterocycles. The Morgan fingerprint density at radius 2 is 2.19 bits per heavy atom. The van der Waals surface area contributed by atoms with Gasteiger partial charge in [-0.2, -0.15) is 5.10 Å². The van der Waals surface area contributed by atoms with Crippen LogP contribution in [0.2, 0.25) is 0 Å². The summed E-state index contributed by atoms with van der Waals surface area (Å²) < 4.78 is 1.84. The molecule has 6 nitrogen and oxygen atoms in total. The van der Waals surface area contributed by atoms with Gasteiger partial charge < -0.3 is 10.2 Å². The molecule has 118 valence electrons. The van der Waals surface area contributed by atoms with E-state index in [2.05, 4.69) is 27.3 Å². The molecule has 2 rings (SSSR count). The third-order valence-corrected chi connectivity index (χ3v) is 4.23. The summed E-state index contributed by atoms with van der Waals surface area (Å²) >= 11 is 0. The molecule has 0 aromatic carbocycles. The fourth-order valence-corrected chi connectivity index (χ4v) is 2.97. The van der Waals surface area contributed by atoms with E-state index >= 15 is 0 Å². The lowest BCUT2D eigenvalue weighted by Gasteiger charge is -2.32. The average molecular weight is 293 g/mol. The van der Waals surface area contributed by atoms with Crippen LogP contribution in [-0.4, -0.2) is 51.8 Å². The number of aromatic nitrogens is 3. The predicted octanol–water partition coefficient (Wildman–Crippen LogP) is 1.28. The highest BCUT2D eigenvalue weighted by molar-refractivity contribution is 5.75. The molecule has 6 heteroatoms. The number of hydrogen-bond donors (Lipinski definition) is 1. The molecule has 1 amide bonds. The van der Waals surface area contributed by atoms with Gasteiger partial charge in [0.2, 0.25) is 5.91 Å². The van der Waals surface area contributed by atoms with E-state index in [1.54, 1.807) is 0 Å². The average Bonchev–Trinajstić information content (AvgIpc) is 2.76. The van der Waals surface area contributed by atoms with Crippen molar-refractivity contribution in [2.75, 3.05) is 20.1 Å². The van der Waals surface area contributed by atoms with Crippen LogP contribution in [0.25, 0.3) is 0 Å². The molecule has 1 aromatic heterocycles. The normalized spacial score (nSPS) is 19.7. The SMILES string of the molecule is Cc1nc(C)n(CCNC(=O)CC[C@H]2CCCCN2C)n1. The summed E-state index contributed by atoms with van der Waals surface area (Å²) in [7, 11) is 2.16. The minimum absolute atomic E-state index is 0.142. The maximum absolute atomic E-state index is 11.9. The van der Waals surface area contributed by atoms with Crippen LogP contribution >= 0.6 is 0 Å². The van der Waals surface area contributed by atoms with Gasteiger partial charge in [0.25, 0.3) is 0 Å². The van der Waals surface area contributed by atoms with Crippen molar-refractivity contribution in [2.24, 2.45) is 0 Å². The second kappa shape index (κ2) is 7.54. The maximum atomic E-state index is 11.9. The molecule has 1 atom stereocenters. The largest absolute Gasteiger partial charge is 0.354 e. The second-order valence-electron chi connectivity index (χ2n) is 5.95. The standard InChI is InChI=1S/C15H27N5O/c1-12-17-13(2)20(18-12)11-9-16-15(21)8-7-14-6-4-5-10-19(14)3/h14H,4-11H2,1-3H3,(H,16,21)/t14-/m1/s1. The molecule has 0 spiro atoms. The Kier molecular flexibility index (Phi) is 5.73. The summed E-state index contributed by atoms with van der Waals surface area (Å²) in [5.41, 5.74) is 0. The molecule has 0 aliphatic carbocycles. The summed E-state index contributed by atoms with van der Waals surface area (Å²) in [6.07, 6.45) is 5.38. The zero-order chi connectivity index (χ0) is 15.2. The van der Waals surface area contributed by atoms with Crippen LogP contribution in [0.3, 0.4) is 0 Å². The zero-order valence-electron chi connectivity index (χ0n) is 13.4. The van der Waals surface area contributed by atoms with Crippen LogP contribution in [0.4, 0.5) is 0 Å². The predicted molar refractivity (Wildman–Crippen MR) is 82.0 cm³/mol. The topological polar surface area (TPSA) is 63.1 Å². The van der Waals surface area contributed by atoms with Crippen molar-refractivity contribution in [3.05, 3.63) is 11.6 Å². The summed E-state index contributed by atoms with van der Waals surface area (Å²) in [4.78, 5) is 18.5. The van der Waals surface area contributed by atoms with Crippen molar-refractivity contribution in [2.45, 2.75) is 58.5 Å². The molecule has 1 fully saturated rings. The Hall–Kier alpha value is -1.43. The van der Waals surface area contributed by atoms with E-state index < -0.39 is 0 Å². The lowest BCUT2D eigenvalue weighted by molar-refractivity contribution is -0.121. The van der Waals surface area contributed by atoms with E-state index in [0.717, 1.165) is 24.6 Å². The Morgan fingerprint density at radius 3 is 2.86 bits per heavy atom. The fourth-order valence-electron chi connectivity index (χ4n) is 2.97. The van der Waals surface area contributed by atoms with E-state index in [4.69, 9.17) is 0 Å². The van der Waals surface area contributed by atoms with Gasteiger partial charge in [-0.3, -0.25) is 4.79 Å². The quantitative estimate of drug-likeness (QED) is 0.858. The Balaban J connectivity index is 1.64. The molecule has 1 N–H and O–H groups in total. The minimum atomic E-state index is 0.142. The van der Waals surface area contributed by atoms with E-state index in [1.165, 1.54) is 19.3 Å². The van der Waals surface area contributed by atoms with Crippen LogP contribution in [0.15, 0.2) is 0 Å². The first kappa shape index (κ1) is 15.9. The van der Waals surface area contributed by atoms with Crippen LogP contribution in [0.5, 0.6) is 0 Å². The van der Waals surface area contributed by atoms with Gasteiger partial charge in [0, 0.05) is 19.0 Å². The van der Waals surface area contributed by atoms with Crippen molar-refractivity contribution in [3.63, 3.8) is 0 Å². The summed E-state index contributed by atoms with van der Waals surface area (Å²) in [6.45, 7) is 6.27. The lowest BCUT2D eigenvalue weighted by atomic mass is 9.98. The van der Waals surface area contributed by atoms with Crippen LogP contribution in [0, 0.1) is 13.8 Å². The van der Waals surface area contributed by atoms with Gasteiger partial charge in [0.1, 0.15) is 11.6 Å². The highest BCUT2D eigenvalue weighted by Crippen LogP contribution is 2.18. The highest BCUT2D eigenvalue weighted by atomic mass is 16.1. The Labute approximate surface area is 126 Å². The van der Waals surface area contributed by atoms with Crippen LogP contribution in [0.1, 0.15) is 43.8 Å². The Bertz CT molecular complexity index is 471. The lowest BCUT2D eigenvalue weighted by Crippen LogP contribution is -2.37. The summed E-state index contributed by atoms with van der Waals surface area (Å²) in [5.74, 6) is 1.81. The molecule has 0 bridgehead atoms. The first-order valence-corrected chi connectivity index (χ1v) is 7.91. The number of carbonyl (C=O) groups is 1. The van der Waals surface area contributed by atoms with Crippen LogP contribution < -0.4 is 5.32 Å². The second-order valence-corrected chi connectivity index (χ2v) is 5.95. The van der Waals surface area contributed by atoms with Gasteiger partial charge in [-0.1, -0.05) is 6.42 Å². The smallest absolute Gasteiger partial charge is 0.220 e.